The second-order valence-electron chi connectivity index (χ2n) is 8.42. The quantitative estimate of drug-likeness (QED) is 0.329. The van der Waals surface area contributed by atoms with Crippen LogP contribution in [0.3, 0.4) is 0 Å². The van der Waals surface area contributed by atoms with Crippen LogP contribution in [0, 0.1) is 0 Å². The summed E-state index contributed by atoms with van der Waals surface area (Å²) in [6.45, 7) is 0.411. The summed E-state index contributed by atoms with van der Waals surface area (Å²) in [7, 11) is 6.28. The molecule has 2 aromatic heterocycles. The third kappa shape index (κ3) is 5.67. The molecule has 0 spiro atoms. The number of nitrogens with zero attached hydrogens (tertiary/aromatic N) is 4. The fourth-order valence-electron chi connectivity index (χ4n) is 3.72. The highest BCUT2D eigenvalue weighted by atomic mass is 16.5. The van der Waals surface area contributed by atoms with E-state index < -0.39 is 5.97 Å². The van der Waals surface area contributed by atoms with E-state index in [0.717, 1.165) is 5.56 Å². The number of urea groups is 1. The summed E-state index contributed by atoms with van der Waals surface area (Å²) < 4.78 is 6.29. The molecule has 0 aliphatic carbocycles. The number of pyridine rings is 1. The molecule has 11 nitrogen and oxygen atoms in total. The van der Waals surface area contributed by atoms with Crippen molar-refractivity contribution in [1.29, 1.82) is 0 Å². The topological polar surface area (TPSA) is 130 Å². The number of hydrogen-bond acceptors (Lipinski definition) is 7. The van der Waals surface area contributed by atoms with Gasteiger partial charge in [0.15, 0.2) is 5.69 Å². The summed E-state index contributed by atoms with van der Waals surface area (Å²) >= 11 is 0. The smallest absolute Gasteiger partial charge is 0.356 e. The minimum absolute atomic E-state index is 0.273. The number of ether oxygens (including phenoxy) is 1. The number of para-hydroxylation sites is 1. The van der Waals surface area contributed by atoms with Gasteiger partial charge in [0.05, 0.1) is 18.2 Å². The third-order valence-corrected chi connectivity index (χ3v) is 5.59. The number of fused-ring (bicyclic) bond motifs is 1. The lowest BCUT2D eigenvalue weighted by Gasteiger charge is -2.14. The van der Waals surface area contributed by atoms with Crippen LogP contribution in [-0.4, -0.2) is 58.8 Å². The first kappa shape index (κ1) is 25.2. The van der Waals surface area contributed by atoms with Crippen LogP contribution in [0.5, 0.6) is 0 Å². The van der Waals surface area contributed by atoms with Gasteiger partial charge in [-0.15, -0.1) is 0 Å². The van der Waals surface area contributed by atoms with Crippen molar-refractivity contribution in [2.45, 2.75) is 6.54 Å². The number of carbonyl (C=O) groups is 3. The number of anilines is 3. The van der Waals surface area contributed by atoms with Crippen molar-refractivity contribution >= 4 is 46.0 Å². The van der Waals surface area contributed by atoms with Crippen LogP contribution in [0.25, 0.3) is 10.9 Å². The number of benzene rings is 2. The first-order valence-electron chi connectivity index (χ1n) is 11.4. The molecule has 0 saturated heterocycles. The predicted octanol–water partition coefficient (Wildman–Crippen LogP) is 3.71. The lowest BCUT2D eigenvalue weighted by Crippen LogP contribution is -2.27. The third-order valence-electron chi connectivity index (χ3n) is 5.59. The Morgan fingerprint density at radius 1 is 1.03 bits per heavy atom. The Balaban J connectivity index is 1.48. The van der Waals surface area contributed by atoms with Gasteiger partial charge >= 0.3 is 12.0 Å². The highest BCUT2D eigenvalue weighted by Crippen LogP contribution is 2.24. The van der Waals surface area contributed by atoms with E-state index in [1.165, 1.54) is 16.7 Å². The van der Waals surface area contributed by atoms with Gasteiger partial charge in [-0.25, -0.2) is 14.6 Å². The minimum atomic E-state index is -0.483. The minimum Gasteiger partial charge on any atom is -0.464 e. The average Bonchev–Trinajstić information content (AvgIpc) is 3.22. The molecular formula is C26H27N7O4. The molecule has 0 aliphatic rings. The molecule has 37 heavy (non-hydrogen) atoms. The van der Waals surface area contributed by atoms with Crippen LogP contribution in [0.15, 0.2) is 60.8 Å². The van der Waals surface area contributed by atoms with Gasteiger partial charge in [0.25, 0.3) is 5.91 Å². The normalized spacial score (nSPS) is 10.6. The van der Waals surface area contributed by atoms with E-state index in [2.05, 4.69) is 26.0 Å². The first-order valence-corrected chi connectivity index (χ1v) is 11.4. The number of aromatic nitrogens is 3. The molecule has 11 heteroatoms. The molecule has 0 saturated carbocycles. The maximum atomic E-state index is 13.1. The SMILES string of the molecule is COC(=O)c1c2ccc(NC(=O)c3ccccc3NCc3ccnc(NC(=O)N(C)C)c3)cc2nn1C. The number of aryl methyl sites for hydroxylation is 1. The van der Waals surface area contributed by atoms with Crippen molar-refractivity contribution in [3.05, 3.63) is 77.6 Å². The van der Waals surface area contributed by atoms with Crippen LogP contribution in [0.1, 0.15) is 26.4 Å². The number of amides is 3. The Morgan fingerprint density at radius 3 is 2.57 bits per heavy atom. The standard InChI is InChI=1S/C26H27N7O4/c1-32(2)26(36)30-22-13-16(11-12-27-22)15-28-20-8-6-5-7-19(20)24(34)29-17-9-10-18-21(14-17)31-33(3)23(18)25(35)37-4/h5-14,28H,15H2,1-4H3,(H,29,34)(H,27,30,36). The van der Waals surface area contributed by atoms with E-state index in [9.17, 15) is 14.4 Å². The second-order valence-corrected chi connectivity index (χ2v) is 8.42. The molecule has 0 radical (unpaired) electrons. The number of carbonyl (C=O) groups excluding carboxylic acids is 3. The van der Waals surface area contributed by atoms with Crippen molar-refractivity contribution in [3.8, 4) is 0 Å². The van der Waals surface area contributed by atoms with E-state index in [0.29, 0.717) is 45.9 Å². The predicted molar refractivity (Wildman–Crippen MR) is 141 cm³/mol. The van der Waals surface area contributed by atoms with Gasteiger partial charge < -0.3 is 20.3 Å². The Hall–Kier alpha value is -4.93. The highest BCUT2D eigenvalue weighted by molar-refractivity contribution is 6.09. The molecule has 2 heterocycles. The van der Waals surface area contributed by atoms with Crippen molar-refractivity contribution in [1.82, 2.24) is 19.7 Å². The average molecular weight is 502 g/mol. The van der Waals surface area contributed by atoms with Crippen LogP contribution in [0.2, 0.25) is 0 Å². The maximum absolute atomic E-state index is 13.1. The van der Waals surface area contributed by atoms with Crippen molar-refractivity contribution < 1.29 is 19.1 Å². The molecule has 0 atom stereocenters. The Labute approximate surface area is 213 Å². The van der Waals surface area contributed by atoms with Gasteiger partial charge in [-0.1, -0.05) is 12.1 Å². The number of hydrogen-bond donors (Lipinski definition) is 3. The highest BCUT2D eigenvalue weighted by Gasteiger charge is 2.18. The molecule has 2 aromatic carbocycles. The van der Waals surface area contributed by atoms with Crippen LogP contribution in [-0.2, 0) is 18.3 Å². The number of rotatable bonds is 7. The molecule has 0 fully saturated rings. The summed E-state index contributed by atoms with van der Waals surface area (Å²) in [6.07, 6.45) is 1.61. The second kappa shape index (κ2) is 10.8. The van der Waals surface area contributed by atoms with E-state index in [1.54, 1.807) is 63.7 Å². The van der Waals surface area contributed by atoms with E-state index in [1.807, 2.05) is 18.2 Å². The first-order chi connectivity index (χ1) is 17.8. The summed E-state index contributed by atoms with van der Waals surface area (Å²) in [5.74, 6) is -0.354. The molecule has 0 aliphatic heterocycles. The van der Waals surface area contributed by atoms with Gasteiger partial charge in [0, 0.05) is 50.6 Å². The number of esters is 1. The van der Waals surface area contributed by atoms with Gasteiger partial charge in [-0.2, -0.15) is 5.10 Å². The number of nitrogens with one attached hydrogen (secondary N) is 3. The van der Waals surface area contributed by atoms with Gasteiger partial charge in [0.1, 0.15) is 5.82 Å². The Morgan fingerprint density at radius 2 is 1.81 bits per heavy atom. The molecule has 3 amide bonds. The summed E-state index contributed by atoms with van der Waals surface area (Å²) in [4.78, 5) is 42.7. The van der Waals surface area contributed by atoms with Crippen molar-refractivity contribution in [2.24, 2.45) is 7.05 Å². The number of methoxy groups -OCH3 is 1. The lowest BCUT2D eigenvalue weighted by atomic mass is 10.1. The Kier molecular flexibility index (Phi) is 7.33. The monoisotopic (exact) mass is 501 g/mol. The molecule has 3 N–H and O–H groups in total. The van der Waals surface area contributed by atoms with Gasteiger partial charge in [0.2, 0.25) is 0 Å². The molecular weight excluding hydrogens is 474 g/mol. The van der Waals surface area contributed by atoms with Crippen LogP contribution < -0.4 is 16.0 Å². The van der Waals surface area contributed by atoms with E-state index in [-0.39, 0.29) is 11.9 Å². The zero-order valence-corrected chi connectivity index (χ0v) is 20.9. The fourth-order valence-corrected chi connectivity index (χ4v) is 3.72. The molecule has 4 rings (SSSR count). The van der Waals surface area contributed by atoms with Crippen molar-refractivity contribution in [3.63, 3.8) is 0 Å². The van der Waals surface area contributed by atoms with E-state index in [4.69, 9.17) is 4.74 Å². The fraction of sp³-hybridized carbons (Fsp3) is 0.192. The van der Waals surface area contributed by atoms with Gasteiger partial charge in [-0.3, -0.25) is 14.8 Å². The molecule has 190 valence electrons. The van der Waals surface area contributed by atoms with Crippen LogP contribution in [0.4, 0.5) is 22.0 Å². The summed E-state index contributed by atoms with van der Waals surface area (Å²) in [5, 5.41) is 13.9. The largest absolute Gasteiger partial charge is 0.464 e. The maximum Gasteiger partial charge on any atom is 0.356 e. The van der Waals surface area contributed by atoms with Crippen LogP contribution >= 0.6 is 0 Å². The molecule has 4 aromatic rings. The molecule has 0 unspecified atom stereocenters. The summed E-state index contributed by atoms with van der Waals surface area (Å²) in [6, 6.07) is 15.6. The summed E-state index contributed by atoms with van der Waals surface area (Å²) in [5.41, 5.74) is 3.41. The molecule has 0 bridgehead atoms. The zero-order chi connectivity index (χ0) is 26.5. The van der Waals surface area contributed by atoms with Gasteiger partial charge in [-0.05, 0) is 48.0 Å². The zero-order valence-electron chi connectivity index (χ0n) is 20.9. The Bertz CT molecular complexity index is 1480. The lowest BCUT2D eigenvalue weighted by molar-refractivity contribution is 0.0590. The van der Waals surface area contributed by atoms with E-state index >= 15 is 0 Å². The van der Waals surface area contributed by atoms with Crippen molar-refractivity contribution in [2.75, 3.05) is 37.2 Å².